The molecule has 3 nitrogen and oxygen atoms in total. The number of carbonyl (C=O) groups excluding carboxylic acids is 1. The summed E-state index contributed by atoms with van der Waals surface area (Å²) in [6, 6.07) is 9.35. The van der Waals surface area contributed by atoms with Gasteiger partial charge < -0.3 is 11.1 Å². The van der Waals surface area contributed by atoms with Gasteiger partial charge in [0.05, 0.1) is 0 Å². The molecule has 0 spiro atoms. The predicted octanol–water partition coefficient (Wildman–Crippen LogP) is 3.73. The molecule has 1 aliphatic rings. The number of carbonyl (C=O) groups is 1. The Balaban J connectivity index is 1.62. The molecule has 0 bridgehead atoms. The molecule has 0 radical (unpaired) electrons. The topological polar surface area (TPSA) is 55.1 Å². The van der Waals surface area contributed by atoms with Crippen molar-refractivity contribution in [3.63, 3.8) is 0 Å². The molecule has 0 aromatic heterocycles. The minimum atomic E-state index is -0.533. The van der Waals surface area contributed by atoms with Gasteiger partial charge >= 0.3 is 0 Å². The normalized spacial score (nSPS) is 20.0. The first-order chi connectivity index (χ1) is 10.9. The van der Waals surface area contributed by atoms with Gasteiger partial charge in [-0.1, -0.05) is 0 Å². The fraction of sp³-hybridized carbons (Fsp3) is 0.278. The number of benzene rings is 2. The second kappa shape index (κ2) is 5.99. The van der Waals surface area contributed by atoms with Gasteiger partial charge in [0.15, 0.2) is 0 Å². The molecule has 0 atom stereocenters. The van der Waals surface area contributed by atoms with E-state index in [1.165, 1.54) is 12.1 Å². The lowest BCUT2D eigenvalue weighted by Gasteiger charge is -2.37. The van der Waals surface area contributed by atoms with Crippen LogP contribution in [0.1, 0.15) is 40.2 Å². The summed E-state index contributed by atoms with van der Waals surface area (Å²) < 4.78 is 26.5. The van der Waals surface area contributed by atoms with Crippen LogP contribution >= 0.6 is 0 Å². The summed E-state index contributed by atoms with van der Waals surface area (Å²) in [5, 5.41) is 3.37. The molecule has 1 amide bonds. The van der Waals surface area contributed by atoms with Crippen molar-refractivity contribution in [1.29, 1.82) is 0 Å². The molecule has 0 aliphatic heterocycles. The van der Waals surface area contributed by atoms with E-state index in [2.05, 4.69) is 5.32 Å². The maximum atomic E-state index is 13.2. The Hall–Kier alpha value is -2.43. The number of nitrogens with two attached hydrogens (primary N) is 1. The van der Waals surface area contributed by atoms with Crippen LogP contribution in [-0.2, 0) is 0 Å². The van der Waals surface area contributed by atoms with Crippen LogP contribution in [0, 0.1) is 18.6 Å². The molecule has 0 unspecified atom stereocenters. The second-order valence-electron chi connectivity index (χ2n) is 6.11. The van der Waals surface area contributed by atoms with Crippen molar-refractivity contribution < 1.29 is 13.6 Å². The molecule has 23 heavy (non-hydrogen) atoms. The number of anilines is 1. The Morgan fingerprint density at radius 3 is 2.35 bits per heavy atom. The van der Waals surface area contributed by atoms with Crippen LogP contribution in [0.25, 0.3) is 0 Å². The van der Waals surface area contributed by atoms with E-state index in [4.69, 9.17) is 5.73 Å². The molecule has 1 saturated carbocycles. The standard InChI is InChI=1S/C18H18F2N2O/c1-10-4-15(2-3-17(10)18(21)23)22-16-7-12(8-16)11-5-13(19)9-14(20)6-11/h2-6,9,12,16,22H,7-8H2,1H3,(H2,21,23). The van der Waals surface area contributed by atoms with Gasteiger partial charge in [-0.2, -0.15) is 0 Å². The number of primary amides is 1. The molecule has 2 aromatic carbocycles. The average Bonchev–Trinajstić information content (AvgIpc) is 2.40. The molecular weight excluding hydrogens is 298 g/mol. The predicted molar refractivity (Wildman–Crippen MR) is 85.4 cm³/mol. The van der Waals surface area contributed by atoms with Crippen molar-refractivity contribution in [2.24, 2.45) is 5.73 Å². The first-order valence-corrected chi connectivity index (χ1v) is 7.55. The summed E-state index contributed by atoms with van der Waals surface area (Å²) in [6.45, 7) is 1.84. The number of nitrogens with one attached hydrogen (secondary N) is 1. The smallest absolute Gasteiger partial charge is 0.248 e. The number of hydrogen-bond donors (Lipinski definition) is 2. The number of halogens is 2. The van der Waals surface area contributed by atoms with Crippen molar-refractivity contribution in [2.75, 3.05) is 5.32 Å². The summed E-state index contributed by atoms with van der Waals surface area (Å²) in [5.74, 6) is -1.34. The van der Waals surface area contributed by atoms with Crippen LogP contribution in [0.2, 0.25) is 0 Å². The maximum absolute atomic E-state index is 13.2. The van der Waals surface area contributed by atoms with Crippen LogP contribution in [0.5, 0.6) is 0 Å². The van der Waals surface area contributed by atoms with Crippen LogP contribution in [0.15, 0.2) is 36.4 Å². The van der Waals surface area contributed by atoms with Gasteiger partial charge in [0.1, 0.15) is 11.6 Å². The first-order valence-electron chi connectivity index (χ1n) is 7.55. The van der Waals surface area contributed by atoms with E-state index < -0.39 is 17.5 Å². The van der Waals surface area contributed by atoms with E-state index in [0.29, 0.717) is 11.1 Å². The highest BCUT2D eigenvalue weighted by Crippen LogP contribution is 2.39. The minimum Gasteiger partial charge on any atom is -0.382 e. The molecule has 3 rings (SSSR count). The molecular formula is C18H18F2N2O. The molecule has 1 aliphatic carbocycles. The second-order valence-corrected chi connectivity index (χ2v) is 6.11. The summed E-state index contributed by atoms with van der Waals surface area (Å²) >= 11 is 0. The maximum Gasteiger partial charge on any atom is 0.248 e. The van der Waals surface area contributed by atoms with E-state index >= 15 is 0 Å². The number of amides is 1. The number of hydrogen-bond acceptors (Lipinski definition) is 2. The molecule has 5 heteroatoms. The van der Waals surface area contributed by atoms with Crippen molar-refractivity contribution >= 4 is 11.6 Å². The Kier molecular flexibility index (Phi) is 4.03. The minimum absolute atomic E-state index is 0.170. The van der Waals surface area contributed by atoms with Gasteiger partial charge in [-0.15, -0.1) is 0 Å². The Labute approximate surface area is 133 Å². The summed E-state index contributed by atoms with van der Waals surface area (Å²) in [7, 11) is 0. The third kappa shape index (κ3) is 3.33. The van der Waals surface area contributed by atoms with Crippen LogP contribution < -0.4 is 11.1 Å². The zero-order valence-corrected chi connectivity index (χ0v) is 12.8. The lowest BCUT2D eigenvalue weighted by atomic mass is 9.75. The van der Waals surface area contributed by atoms with E-state index in [1.54, 1.807) is 6.07 Å². The molecule has 2 aromatic rings. The monoisotopic (exact) mass is 316 g/mol. The molecule has 1 fully saturated rings. The van der Waals surface area contributed by atoms with Gasteiger partial charge in [-0.3, -0.25) is 4.79 Å². The lowest BCUT2D eigenvalue weighted by molar-refractivity contribution is 0.0999. The van der Waals surface area contributed by atoms with E-state index in [1.807, 2.05) is 19.1 Å². The van der Waals surface area contributed by atoms with E-state index in [-0.39, 0.29) is 12.0 Å². The van der Waals surface area contributed by atoms with Gasteiger partial charge in [-0.25, -0.2) is 8.78 Å². The SMILES string of the molecule is Cc1cc(NC2CC(c3cc(F)cc(F)c3)C2)ccc1C(N)=O. The Bertz CT molecular complexity index is 734. The largest absolute Gasteiger partial charge is 0.382 e. The van der Waals surface area contributed by atoms with E-state index in [0.717, 1.165) is 30.2 Å². The molecule has 120 valence electrons. The van der Waals surface area contributed by atoms with Crippen molar-refractivity contribution in [3.05, 3.63) is 64.7 Å². The third-order valence-electron chi connectivity index (χ3n) is 4.36. The van der Waals surface area contributed by atoms with Gasteiger partial charge in [0.2, 0.25) is 5.91 Å². The van der Waals surface area contributed by atoms with Crippen molar-refractivity contribution in [3.8, 4) is 0 Å². The summed E-state index contributed by atoms with van der Waals surface area (Å²) in [5.41, 5.74) is 8.25. The zero-order valence-electron chi connectivity index (χ0n) is 12.8. The Morgan fingerprint density at radius 1 is 1.13 bits per heavy atom. The average molecular weight is 316 g/mol. The highest BCUT2D eigenvalue weighted by atomic mass is 19.1. The highest BCUT2D eigenvalue weighted by molar-refractivity contribution is 5.94. The highest BCUT2D eigenvalue weighted by Gasteiger charge is 2.30. The van der Waals surface area contributed by atoms with Crippen LogP contribution in [0.3, 0.4) is 0 Å². The Morgan fingerprint density at radius 2 is 1.78 bits per heavy atom. The van der Waals surface area contributed by atoms with Crippen LogP contribution in [0.4, 0.5) is 14.5 Å². The summed E-state index contributed by atoms with van der Waals surface area (Å²) in [4.78, 5) is 11.2. The molecule has 0 saturated heterocycles. The fourth-order valence-corrected chi connectivity index (χ4v) is 3.08. The first kappa shape index (κ1) is 15.5. The molecule has 3 N–H and O–H groups in total. The van der Waals surface area contributed by atoms with E-state index in [9.17, 15) is 13.6 Å². The van der Waals surface area contributed by atoms with Gasteiger partial charge in [-0.05, 0) is 67.1 Å². The number of aryl methyl sites for hydroxylation is 1. The number of rotatable bonds is 4. The van der Waals surface area contributed by atoms with Crippen molar-refractivity contribution in [2.45, 2.75) is 31.7 Å². The summed E-state index contributed by atoms with van der Waals surface area (Å²) in [6.07, 6.45) is 1.64. The molecule has 0 heterocycles. The van der Waals surface area contributed by atoms with Gasteiger partial charge in [0.25, 0.3) is 0 Å². The lowest BCUT2D eigenvalue weighted by Crippen LogP contribution is -2.34. The quantitative estimate of drug-likeness (QED) is 0.903. The van der Waals surface area contributed by atoms with Crippen LogP contribution in [-0.4, -0.2) is 11.9 Å². The van der Waals surface area contributed by atoms with Crippen molar-refractivity contribution in [1.82, 2.24) is 0 Å². The fourth-order valence-electron chi connectivity index (χ4n) is 3.08. The third-order valence-corrected chi connectivity index (χ3v) is 4.36. The zero-order chi connectivity index (χ0) is 16.6. The van der Waals surface area contributed by atoms with Gasteiger partial charge in [0, 0.05) is 23.4 Å².